The number of rotatable bonds is 4. The molecular formula is C13H14FNO4. The van der Waals surface area contributed by atoms with E-state index in [2.05, 4.69) is 5.32 Å². The lowest BCUT2D eigenvalue weighted by Gasteiger charge is -2.31. The number of hydrogen-bond donors (Lipinski definition) is 2. The quantitative estimate of drug-likeness (QED) is 0.873. The molecule has 19 heavy (non-hydrogen) atoms. The summed E-state index contributed by atoms with van der Waals surface area (Å²) in [4.78, 5) is 22.7. The highest BCUT2D eigenvalue weighted by molar-refractivity contribution is 5.96. The van der Waals surface area contributed by atoms with Gasteiger partial charge in [-0.25, -0.2) is 4.39 Å². The maximum absolute atomic E-state index is 13.2. The molecule has 1 aliphatic rings. The van der Waals surface area contributed by atoms with E-state index in [0.29, 0.717) is 18.5 Å². The molecule has 1 saturated carbocycles. The topological polar surface area (TPSA) is 75.6 Å². The zero-order valence-corrected chi connectivity index (χ0v) is 10.4. The van der Waals surface area contributed by atoms with Crippen LogP contribution in [-0.2, 0) is 9.59 Å². The van der Waals surface area contributed by atoms with Gasteiger partial charge in [-0.2, -0.15) is 0 Å². The van der Waals surface area contributed by atoms with Crippen LogP contribution in [0, 0.1) is 17.7 Å². The predicted molar refractivity (Wildman–Crippen MR) is 65.4 cm³/mol. The number of carbonyl (C=O) groups excluding carboxylic acids is 1. The lowest BCUT2D eigenvalue weighted by Crippen LogP contribution is -2.41. The first-order valence-electron chi connectivity index (χ1n) is 5.90. The average molecular weight is 267 g/mol. The Morgan fingerprint density at radius 3 is 2.58 bits per heavy atom. The molecule has 0 heterocycles. The third kappa shape index (κ3) is 2.67. The fourth-order valence-electron chi connectivity index (χ4n) is 2.08. The molecule has 102 valence electrons. The van der Waals surface area contributed by atoms with Crippen molar-refractivity contribution < 1.29 is 23.8 Å². The second-order valence-electron chi connectivity index (χ2n) is 4.47. The number of methoxy groups -OCH3 is 1. The van der Waals surface area contributed by atoms with Crippen molar-refractivity contribution >= 4 is 17.6 Å². The zero-order valence-electron chi connectivity index (χ0n) is 10.4. The number of carboxylic acid groups (broad SMARTS) is 1. The van der Waals surface area contributed by atoms with Crippen LogP contribution < -0.4 is 10.1 Å². The van der Waals surface area contributed by atoms with Crippen molar-refractivity contribution in [3.05, 3.63) is 24.0 Å². The summed E-state index contributed by atoms with van der Waals surface area (Å²) >= 11 is 0. The van der Waals surface area contributed by atoms with Gasteiger partial charge in [-0.1, -0.05) is 0 Å². The van der Waals surface area contributed by atoms with Crippen LogP contribution in [0.1, 0.15) is 12.8 Å². The summed E-state index contributed by atoms with van der Waals surface area (Å²) in [6.07, 6.45) is 1.07. The van der Waals surface area contributed by atoms with Crippen LogP contribution in [0.15, 0.2) is 18.2 Å². The van der Waals surface area contributed by atoms with Crippen LogP contribution in [0.2, 0.25) is 0 Å². The molecule has 0 saturated heterocycles. The van der Waals surface area contributed by atoms with Crippen LogP contribution in [0.3, 0.4) is 0 Å². The van der Waals surface area contributed by atoms with Gasteiger partial charge in [0.1, 0.15) is 0 Å². The number of carbonyl (C=O) groups is 2. The number of nitrogens with one attached hydrogen (secondary N) is 1. The van der Waals surface area contributed by atoms with Gasteiger partial charge in [0, 0.05) is 11.8 Å². The zero-order chi connectivity index (χ0) is 14.0. The summed E-state index contributed by atoms with van der Waals surface area (Å²) in [6, 6.07) is 3.95. The van der Waals surface area contributed by atoms with Crippen LogP contribution in [0.4, 0.5) is 10.1 Å². The van der Waals surface area contributed by atoms with Gasteiger partial charge in [-0.3, -0.25) is 9.59 Å². The number of benzene rings is 1. The predicted octanol–water partition coefficient (Wildman–Crippen LogP) is 1.88. The lowest BCUT2D eigenvalue weighted by atomic mass is 9.73. The van der Waals surface area contributed by atoms with Gasteiger partial charge < -0.3 is 15.2 Å². The van der Waals surface area contributed by atoms with Crippen molar-refractivity contribution in [1.82, 2.24) is 0 Å². The molecular weight excluding hydrogens is 253 g/mol. The van der Waals surface area contributed by atoms with Crippen molar-refractivity contribution in [2.24, 2.45) is 11.8 Å². The van der Waals surface area contributed by atoms with Gasteiger partial charge in [0.05, 0.1) is 18.9 Å². The Bertz CT molecular complexity index is 517. The van der Waals surface area contributed by atoms with E-state index in [1.807, 2.05) is 0 Å². The fraction of sp³-hybridized carbons (Fsp3) is 0.385. The smallest absolute Gasteiger partial charge is 0.307 e. The molecule has 0 aliphatic heterocycles. The van der Waals surface area contributed by atoms with E-state index in [-0.39, 0.29) is 11.7 Å². The average Bonchev–Trinajstić information content (AvgIpc) is 2.29. The van der Waals surface area contributed by atoms with E-state index in [9.17, 15) is 14.0 Å². The first kappa shape index (κ1) is 13.3. The molecule has 0 radical (unpaired) electrons. The number of carboxylic acids is 1. The number of hydrogen-bond acceptors (Lipinski definition) is 3. The molecule has 0 bridgehead atoms. The molecule has 2 unspecified atom stereocenters. The molecule has 1 amide bonds. The maximum atomic E-state index is 13.2. The highest BCUT2D eigenvalue weighted by atomic mass is 19.1. The fourth-order valence-corrected chi connectivity index (χ4v) is 2.08. The number of halogens is 1. The van der Waals surface area contributed by atoms with Crippen LogP contribution in [0.25, 0.3) is 0 Å². The first-order chi connectivity index (χ1) is 9.02. The Balaban J connectivity index is 2.05. The van der Waals surface area contributed by atoms with E-state index < -0.39 is 23.6 Å². The molecule has 2 atom stereocenters. The monoisotopic (exact) mass is 267 g/mol. The van der Waals surface area contributed by atoms with Crippen LogP contribution >= 0.6 is 0 Å². The highest BCUT2D eigenvalue weighted by Crippen LogP contribution is 2.35. The lowest BCUT2D eigenvalue weighted by molar-refractivity contribution is -0.151. The number of ether oxygens (including phenoxy) is 1. The van der Waals surface area contributed by atoms with Crippen molar-refractivity contribution in [1.29, 1.82) is 0 Å². The van der Waals surface area contributed by atoms with E-state index in [4.69, 9.17) is 9.84 Å². The van der Waals surface area contributed by atoms with Gasteiger partial charge in [0.15, 0.2) is 11.6 Å². The summed E-state index contributed by atoms with van der Waals surface area (Å²) < 4.78 is 18.0. The minimum absolute atomic E-state index is 0.0289. The Hall–Kier alpha value is -2.11. The summed E-state index contributed by atoms with van der Waals surface area (Å²) in [5.74, 6) is -2.94. The molecule has 5 nitrogen and oxygen atoms in total. The number of anilines is 1. The molecule has 6 heteroatoms. The SMILES string of the molecule is COc1cc(NC(=O)C2CCC2C(=O)O)ccc1F. The van der Waals surface area contributed by atoms with Crippen molar-refractivity contribution in [2.45, 2.75) is 12.8 Å². The van der Waals surface area contributed by atoms with E-state index in [1.165, 1.54) is 25.3 Å². The Morgan fingerprint density at radius 2 is 2.05 bits per heavy atom. The van der Waals surface area contributed by atoms with Crippen molar-refractivity contribution in [3.8, 4) is 5.75 Å². The Kier molecular flexibility index (Phi) is 3.69. The van der Waals surface area contributed by atoms with Gasteiger partial charge in [0.25, 0.3) is 0 Å². The first-order valence-corrected chi connectivity index (χ1v) is 5.90. The molecule has 0 aromatic heterocycles. The summed E-state index contributed by atoms with van der Waals surface area (Å²) in [5, 5.41) is 11.5. The highest BCUT2D eigenvalue weighted by Gasteiger charge is 2.41. The Morgan fingerprint density at radius 1 is 1.37 bits per heavy atom. The molecule has 1 aromatic carbocycles. The molecule has 0 spiro atoms. The third-order valence-corrected chi connectivity index (χ3v) is 3.35. The van der Waals surface area contributed by atoms with Gasteiger partial charge in [-0.15, -0.1) is 0 Å². The van der Waals surface area contributed by atoms with Crippen LogP contribution in [-0.4, -0.2) is 24.1 Å². The molecule has 2 rings (SSSR count). The summed E-state index contributed by atoms with van der Waals surface area (Å²) in [6.45, 7) is 0. The van der Waals surface area contributed by atoms with E-state index >= 15 is 0 Å². The largest absolute Gasteiger partial charge is 0.494 e. The van der Waals surface area contributed by atoms with Crippen molar-refractivity contribution in [3.63, 3.8) is 0 Å². The minimum atomic E-state index is -0.955. The third-order valence-electron chi connectivity index (χ3n) is 3.35. The molecule has 1 aliphatic carbocycles. The normalized spacial score (nSPS) is 21.4. The van der Waals surface area contributed by atoms with Crippen LogP contribution in [0.5, 0.6) is 5.75 Å². The molecule has 1 fully saturated rings. The summed E-state index contributed by atoms with van der Waals surface area (Å²) in [5.41, 5.74) is 0.388. The number of aliphatic carboxylic acids is 1. The second-order valence-corrected chi connectivity index (χ2v) is 4.47. The molecule has 2 N–H and O–H groups in total. The number of amides is 1. The van der Waals surface area contributed by atoms with E-state index in [1.54, 1.807) is 0 Å². The molecule has 1 aromatic rings. The second kappa shape index (κ2) is 5.26. The van der Waals surface area contributed by atoms with Gasteiger partial charge >= 0.3 is 5.97 Å². The van der Waals surface area contributed by atoms with E-state index in [0.717, 1.165) is 0 Å². The van der Waals surface area contributed by atoms with Gasteiger partial charge in [0.2, 0.25) is 5.91 Å². The van der Waals surface area contributed by atoms with Crippen molar-refractivity contribution in [2.75, 3.05) is 12.4 Å². The maximum Gasteiger partial charge on any atom is 0.307 e. The summed E-state index contributed by atoms with van der Waals surface area (Å²) in [7, 11) is 1.33. The standard InChI is InChI=1S/C13H14FNO4/c1-19-11-6-7(2-5-10(11)14)15-12(16)8-3-4-9(8)13(17)18/h2,5-6,8-9H,3-4H2,1H3,(H,15,16)(H,17,18). The van der Waals surface area contributed by atoms with Gasteiger partial charge in [-0.05, 0) is 25.0 Å². The Labute approximate surface area is 109 Å². The minimum Gasteiger partial charge on any atom is -0.494 e.